The first-order valence-electron chi connectivity index (χ1n) is 7.79. The fourth-order valence-corrected chi connectivity index (χ4v) is 2.12. The summed E-state index contributed by atoms with van der Waals surface area (Å²) in [5.74, 6) is -0.977. The summed E-state index contributed by atoms with van der Waals surface area (Å²) in [4.78, 5) is 10.6. The summed E-state index contributed by atoms with van der Waals surface area (Å²) in [6.07, 6.45) is 12.7. The molecule has 0 bridgehead atoms. The van der Waals surface area contributed by atoms with E-state index >= 15 is 0 Å². The van der Waals surface area contributed by atoms with Crippen molar-refractivity contribution in [2.45, 2.75) is 77.2 Å². The Labute approximate surface area is 117 Å². The number of rotatable bonds is 14. The van der Waals surface area contributed by atoms with Gasteiger partial charge in [-0.05, 0) is 13.0 Å². The quantitative estimate of drug-likeness (QED) is 0.426. The van der Waals surface area contributed by atoms with E-state index in [4.69, 9.17) is 10.2 Å². The van der Waals surface area contributed by atoms with E-state index in [2.05, 4.69) is 12.2 Å². The zero-order chi connectivity index (χ0) is 14.3. The maximum atomic E-state index is 10.6. The molecule has 0 aromatic rings. The van der Waals surface area contributed by atoms with Crippen LogP contribution in [0.3, 0.4) is 0 Å². The molecule has 4 heteroatoms. The summed E-state index contributed by atoms with van der Waals surface area (Å²) >= 11 is 0. The minimum absolute atomic E-state index is 0.340. The number of hydrogen-bond acceptors (Lipinski definition) is 3. The molecule has 0 amide bonds. The van der Waals surface area contributed by atoms with Crippen molar-refractivity contribution in [2.24, 2.45) is 0 Å². The molecule has 19 heavy (non-hydrogen) atoms. The zero-order valence-corrected chi connectivity index (χ0v) is 12.4. The second-order valence-corrected chi connectivity index (χ2v) is 5.21. The molecule has 0 rings (SSSR count). The molecule has 0 aliphatic carbocycles. The minimum atomic E-state index is -0.977. The van der Waals surface area contributed by atoms with Crippen LogP contribution in [0.1, 0.15) is 71.1 Å². The van der Waals surface area contributed by atoms with E-state index in [1.165, 1.54) is 51.4 Å². The third-order valence-corrected chi connectivity index (χ3v) is 3.40. The first-order valence-corrected chi connectivity index (χ1v) is 7.79. The number of aliphatic carboxylic acids is 1. The Morgan fingerprint density at radius 1 is 0.947 bits per heavy atom. The van der Waals surface area contributed by atoms with E-state index in [1.807, 2.05) is 0 Å². The zero-order valence-electron chi connectivity index (χ0n) is 12.4. The predicted octanol–water partition coefficient (Wildman–Crippen LogP) is 2.94. The van der Waals surface area contributed by atoms with Gasteiger partial charge in [-0.15, -0.1) is 0 Å². The maximum absolute atomic E-state index is 10.6. The molecule has 0 radical (unpaired) electrons. The van der Waals surface area contributed by atoms with Gasteiger partial charge in [0.15, 0.2) is 0 Å². The van der Waals surface area contributed by atoms with Gasteiger partial charge in [-0.1, -0.05) is 64.7 Å². The lowest BCUT2D eigenvalue weighted by Gasteiger charge is -2.10. The topological polar surface area (TPSA) is 69.6 Å². The van der Waals surface area contributed by atoms with Gasteiger partial charge in [0.1, 0.15) is 6.04 Å². The summed E-state index contributed by atoms with van der Waals surface area (Å²) < 4.78 is 0. The van der Waals surface area contributed by atoms with Gasteiger partial charge in [-0.2, -0.15) is 0 Å². The van der Waals surface area contributed by atoms with Crippen LogP contribution in [0.15, 0.2) is 0 Å². The van der Waals surface area contributed by atoms with Crippen molar-refractivity contribution in [1.29, 1.82) is 0 Å². The van der Waals surface area contributed by atoms with Crippen LogP contribution in [-0.4, -0.2) is 35.4 Å². The lowest BCUT2D eigenvalue weighted by molar-refractivity contribution is -0.140. The molecule has 0 spiro atoms. The highest BCUT2D eigenvalue weighted by Crippen LogP contribution is 2.10. The minimum Gasteiger partial charge on any atom is -0.480 e. The number of carboxylic acid groups (broad SMARTS) is 1. The van der Waals surface area contributed by atoms with Crippen LogP contribution in [0.5, 0.6) is 0 Å². The molecule has 1 atom stereocenters. The largest absolute Gasteiger partial charge is 0.480 e. The third kappa shape index (κ3) is 12.2. The van der Waals surface area contributed by atoms with Crippen LogP contribution < -0.4 is 5.32 Å². The second kappa shape index (κ2) is 13.8. The van der Waals surface area contributed by atoms with Gasteiger partial charge in [0.25, 0.3) is 0 Å². The van der Waals surface area contributed by atoms with Gasteiger partial charge < -0.3 is 15.5 Å². The molecule has 0 aliphatic heterocycles. The molecule has 0 saturated carbocycles. The van der Waals surface area contributed by atoms with Crippen molar-refractivity contribution >= 4 is 5.97 Å². The van der Waals surface area contributed by atoms with Crippen molar-refractivity contribution in [3.8, 4) is 0 Å². The smallest absolute Gasteiger partial charge is 0.323 e. The van der Waals surface area contributed by atoms with Crippen LogP contribution in [0.2, 0.25) is 0 Å². The van der Waals surface area contributed by atoms with Gasteiger partial charge in [-0.25, -0.2) is 0 Å². The summed E-state index contributed by atoms with van der Waals surface area (Å²) in [7, 11) is 0. The van der Waals surface area contributed by atoms with Crippen LogP contribution in [0.25, 0.3) is 0 Å². The lowest BCUT2D eigenvalue weighted by atomic mass is 10.1. The van der Waals surface area contributed by atoms with E-state index in [-0.39, 0.29) is 6.61 Å². The average Bonchev–Trinajstić information content (AvgIpc) is 2.40. The number of aliphatic hydroxyl groups excluding tert-OH is 1. The van der Waals surface area contributed by atoms with Crippen LogP contribution in [-0.2, 0) is 4.79 Å². The van der Waals surface area contributed by atoms with E-state index < -0.39 is 12.0 Å². The number of unbranched alkanes of at least 4 members (excludes halogenated alkanes) is 9. The second-order valence-electron chi connectivity index (χ2n) is 5.21. The number of nitrogens with one attached hydrogen (secondary N) is 1. The Morgan fingerprint density at radius 3 is 1.84 bits per heavy atom. The van der Waals surface area contributed by atoms with Gasteiger partial charge in [0, 0.05) is 0 Å². The van der Waals surface area contributed by atoms with E-state index in [0.717, 1.165) is 12.8 Å². The van der Waals surface area contributed by atoms with Crippen molar-refractivity contribution in [3.63, 3.8) is 0 Å². The maximum Gasteiger partial charge on any atom is 0.323 e. The molecular weight excluding hydrogens is 242 g/mol. The molecule has 0 saturated heterocycles. The van der Waals surface area contributed by atoms with Crippen molar-refractivity contribution in [2.75, 3.05) is 13.2 Å². The van der Waals surface area contributed by atoms with Crippen molar-refractivity contribution in [1.82, 2.24) is 5.32 Å². The van der Waals surface area contributed by atoms with Gasteiger partial charge in [-0.3, -0.25) is 4.79 Å². The highest BCUT2D eigenvalue weighted by molar-refractivity contribution is 5.73. The van der Waals surface area contributed by atoms with E-state index in [9.17, 15) is 4.79 Å². The molecule has 0 aromatic heterocycles. The first-order chi connectivity index (χ1) is 9.22. The average molecular weight is 273 g/mol. The number of hydrogen-bond donors (Lipinski definition) is 3. The highest BCUT2D eigenvalue weighted by atomic mass is 16.4. The van der Waals surface area contributed by atoms with E-state index in [0.29, 0.717) is 6.54 Å². The SMILES string of the molecule is CCCCCCCCCCCCN[C@@H](CO)C(=O)O. The molecule has 0 unspecified atom stereocenters. The van der Waals surface area contributed by atoms with E-state index in [1.54, 1.807) is 0 Å². The number of carboxylic acids is 1. The van der Waals surface area contributed by atoms with Crippen molar-refractivity contribution in [3.05, 3.63) is 0 Å². The Kier molecular flexibility index (Phi) is 13.4. The van der Waals surface area contributed by atoms with Gasteiger partial charge >= 0.3 is 5.97 Å². The summed E-state index contributed by atoms with van der Waals surface area (Å²) in [6.45, 7) is 2.57. The molecule has 0 heterocycles. The van der Waals surface area contributed by atoms with Crippen molar-refractivity contribution < 1.29 is 15.0 Å². The Morgan fingerprint density at radius 2 is 1.42 bits per heavy atom. The fourth-order valence-electron chi connectivity index (χ4n) is 2.12. The molecule has 0 aliphatic rings. The standard InChI is InChI=1S/C15H31NO3/c1-2-3-4-5-6-7-8-9-10-11-12-16-14(13-17)15(18)19/h14,16-17H,2-13H2,1H3,(H,18,19)/t14-/m0/s1. The summed E-state index contributed by atoms with van der Waals surface area (Å²) in [5.41, 5.74) is 0. The Bertz CT molecular complexity index is 210. The Balaban J connectivity index is 3.16. The number of carbonyl (C=O) groups is 1. The predicted molar refractivity (Wildman–Crippen MR) is 78.4 cm³/mol. The summed E-state index contributed by atoms with van der Waals surface area (Å²) in [6, 6.07) is -0.807. The lowest BCUT2D eigenvalue weighted by Crippen LogP contribution is -2.40. The molecule has 3 N–H and O–H groups in total. The van der Waals surface area contributed by atoms with Gasteiger partial charge in [0.2, 0.25) is 0 Å². The normalized spacial score (nSPS) is 12.5. The Hall–Kier alpha value is -0.610. The molecule has 4 nitrogen and oxygen atoms in total. The molecular formula is C15H31NO3. The van der Waals surface area contributed by atoms with Gasteiger partial charge in [0.05, 0.1) is 6.61 Å². The monoisotopic (exact) mass is 273 g/mol. The third-order valence-electron chi connectivity index (χ3n) is 3.40. The fraction of sp³-hybridized carbons (Fsp3) is 0.933. The molecule has 114 valence electrons. The van der Waals surface area contributed by atoms with Crippen LogP contribution in [0, 0.1) is 0 Å². The van der Waals surface area contributed by atoms with Crippen LogP contribution in [0.4, 0.5) is 0 Å². The molecule has 0 aromatic carbocycles. The highest BCUT2D eigenvalue weighted by Gasteiger charge is 2.13. The van der Waals surface area contributed by atoms with Crippen LogP contribution >= 0.6 is 0 Å². The number of aliphatic hydroxyl groups is 1. The molecule has 0 fully saturated rings. The summed E-state index contributed by atoms with van der Waals surface area (Å²) in [5, 5.41) is 20.4. The first kappa shape index (κ1) is 18.4.